The van der Waals surface area contributed by atoms with Crippen molar-refractivity contribution in [2.24, 2.45) is 0 Å². The molecule has 0 radical (unpaired) electrons. The molecule has 2 aliphatic rings. The molecule has 3 rings (SSSR count). The number of hydrogen-bond acceptors (Lipinski definition) is 4. The number of rotatable bonds is 4. The maximum atomic E-state index is 11.4. The molecular weight excluding hydrogens is 266 g/mol. The molecule has 0 amide bonds. The molecule has 5 nitrogen and oxygen atoms in total. The Morgan fingerprint density at radius 1 is 1.33 bits per heavy atom. The number of hydrogen-bond donors (Lipinski definition) is 1. The van der Waals surface area contributed by atoms with E-state index in [4.69, 9.17) is 0 Å². The summed E-state index contributed by atoms with van der Waals surface area (Å²) in [5.41, 5.74) is 2.05. The Bertz CT molecular complexity index is 534. The highest BCUT2D eigenvalue weighted by Gasteiger charge is 2.37. The minimum Gasteiger partial charge on any atom is -0.363 e. The third kappa shape index (κ3) is 2.62. The number of para-hydroxylation sites is 1. The van der Waals surface area contributed by atoms with E-state index in [0.717, 1.165) is 30.6 Å². The molecule has 1 aromatic rings. The van der Waals surface area contributed by atoms with Crippen molar-refractivity contribution >= 4 is 11.4 Å². The van der Waals surface area contributed by atoms with Crippen LogP contribution in [0.4, 0.5) is 11.4 Å². The molecule has 0 aromatic heterocycles. The van der Waals surface area contributed by atoms with Crippen LogP contribution in [-0.4, -0.2) is 29.6 Å². The summed E-state index contributed by atoms with van der Waals surface area (Å²) in [4.78, 5) is 13.4. The van der Waals surface area contributed by atoms with Gasteiger partial charge in [0.05, 0.1) is 4.92 Å². The minimum atomic E-state index is -0.249. The normalized spacial score (nSPS) is 27.6. The fourth-order valence-corrected chi connectivity index (χ4v) is 4.05. The van der Waals surface area contributed by atoms with E-state index >= 15 is 0 Å². The molecule has 0 aliphatic carbocycles. The van der Waals surface area contributed by atoms with Crippen molar-refractivity contribution in [3.63, 3.8) is 0 Å². The van der Waals surface area contributed by atoms with E-state index in [0.29, 0.717) is 18.1 Å². The SMILES string of the molecule is CCN(c1c(C)cccc1[N+](=O)[O-])C1CC2CCC(C1)N2. The van der Waals surface area contributed by atoms with Crippen LogP contribution in [0.25, 0.3) is 0 Å². The first-order valence-electron chi connectivity index (χ1n) is 7.86. The van der Waals surface area contributed by atoms with E-state index in [1.54, 1.807) is 12.1 Å². The number of aryl methyl sites for hydroxylation is 1. The van der Waals surface area contributed by atoms with Crippen LogP contribution in [0.2, 0.25) is 0 Å². The van der Waals surface area contributed by atoms with Crippen LogP contribution in [0.5, 0.6) is 0 Å². The van der Waals surface area contributed by atoms with Gasteiger partial charge in [-0.2, -0.15) is 0 Å². The Morgan fingerprint density at radius 3 is 2.57 bits per heavy atom. The molecule has 2 aliphatic heterocycles. The Balaban J connectivity index is 1.95. The van der Waals surface area contributed by atoms with Gasteiger partial charge in [-0.1, -0.05) is 12.1 Å². The molecule has 1 N–H and O–H groups in total. The lowest BCUT2D eigenvalue weighted by atomic mass is 9.96. The van der Waals surface area contributed by atoms with E-state index in [1.165, 1.54) is 12.8 Å². The van der Waals surface area contributed by atoms with Crippen molar-refractivity contribution in [3.8, 4) is 0 Å². The van der Waals surface area contributed by atoms with Crippen molar-refractivity contribution in [1.29, 1.82) is 0 Å². The first-order chi connectivity index (χ1) is 10.1. The Labute approximate surface area is 125 Å². The Kier molecular flexibility index (Phi) is 3.85. The summed E-state index contributed by atoms with van der Waals surface area (Å²) in [5, 5.41) is 15.0. The predicted molar refractivity (Wildman–Crippen MR) is 83.8 cm³/mol. The average molecular weight is 289 g/mol. The lowest BCUT2D eigenvalue weighted by Gasteiger charge is -2.39. The molecule has 0 saturated carbocycles. The lowest BCUT2D eigenvalue weighted by Crippen LogP contribution is -2.48. The summed E-state index contributed by atoms with van der Waals surface area (Å²) in [6.45, 7) is 4.89. The summed E-state index contributed by atoms with van der Waals surface area (Å²) in [7, 11) is 0. The third-order valence-electron chi connectivity index (χ3n) is 4.93. The van der Waals surface area contributed by atoms with Crippen LogP contribution < -0.4 is 10.2 Å². The second kappa shape index (κ2) is 5.64. The summed E-state index contributed by atoms with van der Waals surface area (Å²) in [6, 6.07) is 6.96. The van der Waals surface area contributed by atoms with Gasteiger partial charge >= 0.3 is 0 Å². The molecule has 114 valence electrons. The highest BCUT2D eigenvalue weighted by atomic mass is 16.6. The van der Waals surface area contributed by atoms with Crippen LogP contribution in [-0.2, 0) is 0 Å². The predicted octanol–water partition coefficient (Wildman–Crippen LogP) is 3.01. The van der Waals surface area contributed by atoms with Crippen molar-refractivity contribution in [3.05, 3.63) is 33.9 Å². The van der Waals surface area contributed by atoms with E-state index in [1.807, 2.05) is 13.0 Å². The van der Waals surface area contributed by atoms with Gasteiger partial charge in [0.15, 0.2) is 0 Å². The number of fused-ring (bicyclic) bond motifs is 2. The van der Waals surface area contributed by atoms with Gasteiger partial charge in [0.2, 0.25) is 0 Å². The second-order valence-electron chi connectivity index (χ2n) is 6.25. The quantitative estimate of drug-likeness (QED) is 0.684. The van der Waals surface area contributed by atoms with Crippen molar-refractivity contribution in [2.45, 2.75) is 57.7 Å². The van der Waals surface area contributed by atoms with E-state index < -0.39 is 0 Å². The van der Waals surface area contributed by atoms with Gasteiger partial charge < -0.3 is 10.2 Å². The third-order valence-corrected chi connectivity index (χ3v) is 4.93. The molecule has 21 heavy (non-hydrogen) atoms. The molecule has 2 bridgehead atoms. The zero-order valence-corrected chi connectivity index (χ0v) is 12.7. The van der Waals surface area contributed by atoms with E-state index in [-0.39, 0.29) is 10.6 Å². The monoisotopic (exact) mass is 289 g/mol. The topological polar surface area (TPSA) is 58.4 Å². The van der Waals surface area contributed by atoms with Crippen LogP contribution in [0.3, 0.4) is 0 Å². The van der Waals surface area contributed by atoms with Crippen LogP contribution in [0.1, 0.15) is 38.2 Å². The Morgan fingerprint density at radius 2 is 2.00 bits per heavy atom. The summed E-state index contributed by atoms with van der Waals surface area (Å²) in [6.07, 6.45) is 4.68. The molecule has 2 saturated heterocycles. The fourth-order valence-electron chi connectivity index (χ4n) is 4.05. The van der Waals surface area contributed by atoms with Crippen LogP contribution in [0.15, 0.2) is 18.2 Å². The van der Waals surface area contributed by atoms with Gasteiger partial charge in [-0.25, -0.2) is 0 Å². The lowest BCUT2D eigenvalue weighted by molar-refractivity contribution is -0.384. The number of nitrogens with one attached hydrogen (secondary N) is 1. The first kappa shape index (κ1) is 14.3. The van der Waals surface area contributed by atoms with E-state index in [2.05, 4.69) is 17.1 Å². The highest BCUT2D eigenvalue weighted by molar-refractivity contribution is 5.68. The van der Waals surface area contributed by atoms with Crippen LogP contribution >= 0.6 is 0 Å². The van der Waals surface area contributed by atoms with Crippen molar-refractivity contribution < 1.29 is 4.92 Å². The molecule has 2 heterocycles. The molecule has 2 fully saturated rings. The van der Waals surface area contributed by atoms with Crippen LogP contribution in [0, 0.1) is 17.0 Å². The number of nitro benzene ring substituents is 1. The van der Waals surface area contributed by atoms with Gasteiger partial charge in [-0.05, 0) is 45.1 Å². The van der Waals surface area contributed by atoms with Gasteiger partial charge in [-0.3, -0.25) is 10.1 Å². The summed E-state index contributed by atoms with van der Waals surface area (Å²) in [5.74, 6) is 0. The molecule has 2 atom stereocenters. The number of nitro groups is 1. The second-order valence-corrected chi connectivity index (χ2v) is 6.25. The fraction of sp³-hybridized carbons (Fsp3) is 0.625. The van der Waals surface area contributed by atoms with Gasteiger partial charge in [-0.15, -0.1) is 0 Å². The molecule has 5 heteroatoms. The summed E-state index contributed by atoms with van der Waals surface area (Å²) < 4.78 is 0. The number of anilines is 1. The number of benzene rings is 1. The van der Waals surface area contributed by atoms with Crippen molar-refractivity contribution in [2.75, 3.05) is 11.4 Å². The standard InChI is InChI=1S/C16H23N3O2/c1-3-18(14-9-12-7-8-13(10-14)17-12)16-11(2)5-4-6-15(16)19(20)21/h4-6,12-14,17H,3,7-10H2,1-2H3. The van der Waals surface area contributed by atoms with Gasteiger partial charge in [0.25, 0.3) is 5.69 Å². The van der Waals surface area contributed by atoms with Gasteiger partial charge in [0.1, 0.15) is 5.69 Å². The zero-order valence-electron chi connectivity index (χ0n) is 12.7. The zero-order chi connectivity index (χ0) is 15.0. The maximum Gasteiger partial charge on any atom is 0.292 e. The average Bonchev–Trinajstić information content (AvgIpc) is 2.80. The minimum absolute atomic E-state index is 0.239. The van der Waals surface area contributed by atoms with Gasteiger partial charge in [0, 0.05) is 30.7 Å². The highest BCUT2D eigenvalue weighted by Crippen LogP contribution is 2.37. The number of piperidine rings is 1. The first-order valence-corrected chi connectivity index (χ1v) is 7.86. The van der Waals surface area contributed by atoms with Crippen molar-refractivity contribution in [1.82, 2.24) is 5.32 Å². The Hall–Kier alpha value is -1.62. The molecule has 2 unspecified atom stereocenters. The smallest absolute Gasteiger partial charge is 0.292 e. The molecular formula is C16H23N3O2. The maximum absolute atomic E-state index is 11.4. The number of nitrogens with zero attached hydrogens (tertiary/aromatic N) is 2. The molecule has 1 aromatic carbocycles. The molecule has 0 spiro atoms. The largest absolute Gasteiger partial charge is 0.363 e. The van der Waals surface area contributed by atoms with E-state index in [9.17, 15) is 10.1 Å². The summed E-state index contributed by atoms with van der Waals surface area (Å²) >= 11 is 0.